The van der Waals surface area contributed by atoms with Crippen LogP contribution in [0.1, 0.15) is 5.56 Å². The van der Waals surface area contributed by atoms with Crippen molar-refractivity contribution in [2.75, 3.05) is 18.1 Å². The third-order valence-corrected chi connectivity index (χ3v) is 2.41. The van der Waals surface area contributed by atoms with Crippen molar-refractivity contribution >= 4 is 11.7 Å². The van der Waals surface area contributed by atoms with Gasteiger partial charge in [-0.1, -0.05) is 6.07 Å². The van der Waals surface area contributed by atoms with Crippen molar-refractivity contribution in [1.82, 2.24) is 0 Å². The maximum Gasteiger partial charge on any atom is 0.354 e. The van der Waals surface area contributed by atoms with Gasteiger partial charge in [0.15, 0.2) is 0 Å². The minimum atomic E-state index is -1.01. The van der Waals surface area contributed by atoms with E-state index in [-0.39, 0.29) is 0 Å². The predicted octanol–water partition coefficient (Wildman–Crippen LogP) is 0.806. The molecule has 1 aliphatic rings. The number of carboxylic acid groups (broad SMARTS) is 1. The fourth-order valence-electron chi connectivity index (χ4n) is 1.69. The molecule has 1 aromatic rings. The Morgan fingerprint density at radius 2 is 2.44 bits per heavy atom. The molecule has 1 aliphatic heterocycles. The van der Waals surface area contributed by atoms with Crippen molar-refractivity contribution in [2.24, 2.45) is 0 Å². The highest BCUT2D eigenvalue weighted by Crippen LogP contribution is 2.22. The van der Waals surface area contributed by atoms with Crippen LogP contribution in [0.3, 0.4) is 0 Å². The van der Waals surface area contributed by atoms with Gasteiger partial charge in [0.1, 0.15) is 0 Å². The lowest BCUT2D eigenvalue weighted by molar-refractivity contribution is -0.147. The molecule has 0 aliphatic carbocycles. The second-order valence-electron chi connectivity index (χ2n) is 3.42. The van der Waals surface area contributed by atoms with Gasteiger partial charge in [0.25, 0.3) is 0 Å². The highest BCUT2D eigenvalue weighted by atomic mass is 16.5. The van der Waals surface area contributed by atoms with Crippen LogP contribution in [0.15, 0.2) is 24.3 Å². The summed E-state index contributed by atoms with van der Waals surface area (Å²) in [7, 11) is 0. The zero-order valence-corrected chi connectivity index (χ0v) is 8.46. The zero-order valence-electron chi connectivity index (χ0n) is 8.46. The third kappa shape index (κ3) is 1.83. The molecule has 5 nitrogen and oxygen atoms in total. The van der Waals surface area contributed by atoms with E-state index in [1.807, 2.05) is 6.07 Å². The summed E-state index contributed by atoms with van der Waals surface area (Å²) in [5.74, 6) is -1.01. The Hall–Kier alpha value is -2.06. The number of ether oxygens (including phenoxy) is 1. The molecular formula is C11H10N2O3. The number of anilines is 1. The number of rotatable bonds is 2. The number of nitriles is 1. The first-order valence-corrected chi connectivity index (χ1v) is 4.83. The van der Waals surface area contributed by atoms with Crippen LogP contribution in [0.4, 0.5) is 5.69 Å². The van der Waals surface area contributed by atoms with Crippen LogP contribution >= 0.6 is 0 Å². The molecule has 16 heavy (non-hydrogen) atoms. The molecule has 1 unspecified atom stereocenters. The number of nitrogens with zero attached hydrogens (tertiary/aromatic N) is 2. The summed E-state index contributed by atoms with van der Waals surface area (Å²) < 4.78 is 5.10. The van der Waals surface area contributed by atoms with E-state index in [4.69, 9.17) is 15.1 Å². The zero-order chi connectivity index (χ0) is 11.5. The molecular weight excluding hydrogens is 208 g/mol. The molecule has 82 valence electrons. The van der Waals surface area contributed by atoms with E-state index >= 15 is 0 Å². The molecule has 0 aromatic heterocycles. The summed E-state index contributed by atoms with van der Waals surface area (Å²) in [6.45, 7) is 0.902. The summed E-state index contributed by atoms with van der Waals surface area (Å²) in [5.41, 5.74) is 1.21. The molecule has 1 fully saturated rings. The van der Waals surface area contributed by atoms with Gasteiger partial charge in [0.2, 0.25) is 6.23 Å². The van der Waals surface area contributed by atoms with E-state index in [1.165, 1.54) is 0 Å². The van der Waals surface area contributed by atoms with E-state index in [9.17, 15) is 4.79 Å². The minimum Gasteiger partial charge on any atom is -0.478 e. The summed E-state index contributed by atoms with van der Waals surface area (Å²) in [4.78, 5) is 12.5. The standard InChI is InChI=1S/C11H10N2O3/c12-7-8-2-1-3-9(6-8)13-4-5-16-10(13)11(14)15/h1-3,6,10H,4-5H2,(H,14,15). The van der Waals surface area contributed by atoms with Crippen molar-refractivity contribution in [3.8, 4) is 6.07 Å². The molecule has 0 spiro atoms. The van der Waals surface area contributed by atoms with Gasteiger partial charge in [-0.2, -0.15) is 5.26 Å². The lowest BCUT2D eigenvalue weighted by atomic mass is 10.2. The van der Waals surface area contributed by atoms with Crippen LogP contribution in [-0.2, 0) is 9.53 Å². The van der Waals surface area contributed by atoms with Gasteiger partial charge >= 0.3 is 5.97 Å². The monoisotopic (exact) mass is 218 g/mol. The molecule has 0 bridgehead atoms. The largest absolute Gasteiger partial charge is 0.478 e. The Morgan fingerprint density at radius 3 is 3.12 bits per heavy atom. The molecule has 0 saturated carbocycles. The van der Waals surface area contributed by atoms with Gasteiger partial charge in [-0.15, -0.1) is 0 Å². The fourth-order valence-corrected chi connectivity index (χ4v) is 1.69. The van der Waals surface area contributed by atoms with Crippen molar-refractivity contribution in [3.05, 3.63) is 29.8 Å². The smallest absolute Gasteiger partial charge is 0.354 e. The van der Waals surface area contributed by atoms with Crippen LogP contribution in [-0.4, -0.2) is 30.5 Å². The number of benzene rings is 1. The normalized spacial score (nSPS) is 19.4. The topological polar surface area (TPSA) is 73.6 Å². The van der Waals surface area contributed by atoms with E-state index < -0.39 is 12.2 Å². The van der Waals surface area contributed by atoms with Gasteiger partial charge in [-0.05, 0) is 18.2 Å². The Bertz CT molecular complexity index is 453. The van der Waals surface area contributed by atoms with Crippen molar-refractivity contribution < 1.29 is 14.6 Å². The van der Waals surface area contributed by atoms with Gasteiger partial charge in [0, 0.05) is 12.2 Å². The molecule has 1 heterocycles. The number of hydrogen-bond donors (Lipinski definition) is 1. The minimum absolute atomic E-state index is 0.383. The van der Waals surface area contributed by atoms with Gasteiger partial charge < -0.3 is 14.7 Å². The lowest BCUT2D eigenvalue weighted by Gasteiger charge is -2.21. The maximum atomic E-state index is 10.9. The van der Waals surface area contributed by atoms with E-state index in [0.29, 0.717) is 24.4 Å². The van der Waals surface area contributed by atoms with Crippen LogP contribution in [0.2, 0.25) is 0 Å². The Kier molecular flexibility index (Phi) is 2.75. The highest BCUT2D eigenvalue weighted by Gasteiger charge is 2.31. The first-order chi connectivity index (χ1) is 7.72. The second-order valence-corrected chi connectivity index (χ2v) is 3.42. The molecule has 0 amide bonds. The molecule has 1 N–H and O–H groups in total. The Balaban J connectivity index is 2.29. The SMILES string of the molecule is N#Cc1cccc(N2CCOC2C(=O)O)c1. The van der Waals surface area contributed by atoms with Crippen molar-refractivity contribution in [2.45, 2.75) is 6.23 Å². The number of aliphatic carboxylic acids is 1. The number of carbonyl (C=O) groups is 1. The summed E-state index contributed by atoms with van der Waals surface area (Å²) in [5, 5.41) is 17.7. The summed E-state index contributed by atoms with van der Waals surface area (Å²) >= 11 is 0. The molecule has 1 aromatic carbocycles. The summed E-state index contributed by atoms with van der Waals surface area (Å²) in [6, 6.07) is 8.85. The Labute approximate surface area is 92.5 Å². The molecule has 1 saturated heterocycles. The summed E-state index contributed by atoms with van der Waals surface area (Å²) in [6.07, 6.45) is -0.950. The quantitative estimate of drug-likeness (QED) is 0.795. The van der Waals surface area contributed by atoms with E-state index in [2.05, 4.69) is 0 Å². The molecule has 0 radical (unpaired) electrons. The average molecular weight is 218 g/mol. The van der Waals surface area contributed by atoms with Gasteiger partial charge in [-0.3, -0.25) is 0 Å². The second kappa shape index (κ2) is 4.21. The molecule has 5 heteroatoms. The fraction of sp³-hybridized carbons (Fsp3) is 0.273. The Morgan fingerprint density at radius 1 is 1.62 bits per heavy atom. The van der Waals surface area contributed by atoms with Gasteiger partial charge in [-0.25, -0.2) is 4.79 Å². The molecule has 2 rings (SSSR count). The lowest BCUT2D eigenvalue weighted by Crippen LogP contribution is -2.36. The highest BCUT2D eigenvalue weighted by molar-refractivity contribution is 5.77. The van der Waals surface area contributed by atoms with E-state index in [1.54, 1.807) is 29.2 Å². The van der Waals surface area contributed by atoms with Crippen LogP contribution < -0.4 is 4.90 Å². The van der Waals surface area contributed by atoms with Crippen LogP contribution in [0, 0.1) is 11.3 Å². The van der Waals surface area contributed by atoms with Crippen molar-refractivity contribution in [3.63, 3.8) is 0 Å². The van der Waals surface area contributed by atoms with E-state index in [0.717, 1.165) is 0 Å². The maximum absolute atomic E-state index is 10.9. The average Bonchev–Trinajstić information content (AvgIpc) is 2.78. The first kappa shape index (κ1) is 10.5. The molecule has 1 atom stereocenters. The third-order valence-electron chi connectivity index (χ3n) is 2.41. The van der Waals surface area contributed by atoms with Crippen molar-refractivity contribution in [1.29, 1.82) is 5.26 Å². The first-order valence-electron chi connectivity index (χ1n) is 4.83. The number of carboxylic acids is 1. The van der Waals surface area contributed by atoms with Gasteiger partial charge in [0.05, 0.1) is 18.2 Å². The van der Waals surface area contributed by atoms with Crippen LogP contribution in [0.5, 0.6) is 0 Å². The van der Waals surface area contributed by atoms with Crippen LogP contribution in [0.25, 0.3) is 0 Å². The number of hydrogen-bond acceptors (Lipinski definition) is 4. The predicted molar refractivity (Wildman–Crippen MR) is 55.9 cm³/mol.